The summed E-state index contributed by atoms with van der Waals surface area (Å²) < 4.78 is 19.0. The molecule has 7 heteroatoms. The Labute approximate surface area is 153 Å². The average Bonchev–Trinajstić information content (AvgIpc) is 3.01. The van der Waals surface area contributed by atoms with Crippen molar-refractivity contribution >= 4 is 40.5 Å². The van der Waals surface area contributed by atoms with Crippen molar-refractivity contribution in [3.63, 3.8) is 0 Å². The number of nitrogens with one attached hydrogen (secondary N) is 1. The largest absolute Gasteiger partial charge is 0.449 e. The molecule has 1 aliphatic carbocycles. The van der Waals surface area contributed by atoms with E-state index >= 15 is 0 Å². The van der Waals surface area contributed by atoms with Gasteiger partial charge in [0.15, 0.2) is 6.10 Å². The van der Waals surface area contributed by atoms with Crippen LogP contribution in [0.5, 0.6) is 0 Å². The molecule has 0 radical (unpaired) electrons. The Kier molecular flexibility index (Phi) is 5.39. The molecule has 2 aromatic rings. The van der Waals surface area contributed by atoms with Crippen LogP contribution in [0, 0.1) is 5.82 Å². The van der Waals surface area contributed by atoms with Crippen LogP contribution in [-0.4, -0.2) is 18.0 Å². The van der Waals surface area contributed by atoms with E-state index in [2.05, 4.69) is 5.32 Å². The van der Waals surface area contributed by atoms with Crippen molar-refractivity contribution in [2.24, 2.45) is 0 Å². The maximum absolute atomic E-state index is 13.7. The smallest absolute Gasteiger partial charge is 0.340 e. The first-order valence-corrected chi connectivity index (χ1v) is 9.27. The summed E-state index contributed by atoms with van der Waals surface area (Å²) >= 11 is 7.24. The van der Waals surface area contributed by atoms with Gasteiger partial charge in [0.1, 0.15) is 5.82 Å². The summed E-state index contributed by atoms with van der Waals surface area (Å²) in [7, 11) is 0. The highest BCUT2D eigenvalue weighted by Crippen LogP contribution is 2.30. The SMILES string of the molecule is C[C@H](OC(=O)c1csc2c1CCCC2)C(=O)Nc1ccc(Cl)cc1F. The van der Waals surface area contributed by atoms with Crippen molar-refractivity contribution in [1.29, 1.82) is 0 Å². The first-order chi connectivity index (χ1) is 12.0. The van der Waals surface area contributed by atoms with E-state index in [1.807, 2.05) is 0 Å². The Morgan fingerprint density at radius 1 is 1.32 bits per heavy atom. The van der Waals surface area contributed by atoms with Crippen molar-refractivity contribution in [2.75, 3.05) is 5.32 Å². The van der Waals surface area contributed by atoms with Gasteiger partial charge in [0.05, 0.1) is 11.3 Å². The van der Waals surface area contributed by atoms with Crippen molar-refractivity contribution in [3.05, 3.63) is 50.4 Å². The third-order valence-electron chi connectivity index (χ3n) is 4.12. The minimum Gasteiger partial charge on any atom is -0.449 e. The third-order valence-corrected chi connectivity index (χ3v) is 5.45. The minimum absolute atomic E-state index is 0.00906. The molecule has 132 valence electrons. The van der Waals surface area contributed by atoms with Crippen LogP contribution >= 0.6 is 22.9 Å². The van der Waals surface area contributed by atoms with E-state index < -0.39 is 23.8 Å². The number of thiophene rings is 1. The van der Waals surface area contributed by atoms with Crippen LogP contribution in [0.4, 0.5) is 10.1 Å². The zero-order chi connectivity index (χ0) is 18.0. The molecule has 1 aromatic carbocycles. The molecule has 1 atom stereocenters. The summed E-state index contributed by atoms with van der Waals surface area (Å²) in [6, 6.07) is 3.93. The van der Waals surface area contributed by atoms with Gasteiger partial charge in [-0.1, -0.05) is 11.6 Å². The maximum Gasteiger partial charge on any atom is 0.340 e. The number of rotatable bonds is 4. The third kappa shape index (κ3) is 4.02. The Hall–Kier alpha value is -1.92. The number of carbonyl (C=O) groups is 2. The van der Waals surface area contributed by atoms with Crippen molar-refractivity contribution in [3.8, 4) is 0 Å². The number of carbonyl (C=O) groups excluding carboxylic acids is 2. The van der Waals surface area contributed by atoms with Gasteiger partial charge in [0.2, 0.25) is 0 Å². The second-order valence-electron chi connectivity index (χ2n) is 5.92. The lowest BCUT2D eigenvalue weighted by Gasteiger charge is -2.16. The molecule has 0 unspecified atom stereocenters. The van der Waals surface area contributed by atoms with Crippen molar-refractivity contribution in [1.82, 2.24) is 0 Å². The number of anilines is 1. The van der Waals surface area contributed by atoms with Crippen LogP contribution < -0.4 is 5.32 Å². The van der Waals surface area contributed by atoms with Crippen LogP contribution in [0.25, 0.3) is 0 Å². The van der Waals surface area contributed by atoms with Crippen LogP contribution in [0.3, 0.4) is 0 Å². The van der Waals surface area contributed by atoms with E-state index in [0.717, 1.165) is 37.3 Å². The molecular formula is C18H17ClFNO3S. The fourth-order valence-electron chi connectivity index (χ4n) is 2.77. The molecule has 1 amide bonds. The Morgan fingerprint density at radius 2 is 2.08 bits per heavy atom. The van der Waals surface area contributed by atoms with Gasteiger partial charge >= 0.3 is 5.97 Å². The molecule has 1 heterocycles. The fraction of sp³-hybridized carbons (Fsp3) is 0.333. The number of amides is 1. The summed E-state index contributed by atoms with van der Waals surface area (Å²) in [5.74, 6) is -1.76. The second kappa shape index (κ2) is 7.54. The van der Waals surface area contributed by atoms with Gasteiger partial charge in [-0.25, -0.2) is 9.18 Å². The zero-order valence-corrected chi connectivity index (χ0v) is 15.2. The molecule has 0 aliphatic heterocycles. The van der Waals surface area contributed by atoms with Gasteiger partial charge in [-0.2, -0.15) is 0 Å². The van der Waals surface area contributed by atoms with Crippen LogP contribution in [0.1, 0.15) is 40.6 Å². The fourth-order valence-corrected chi connectivity index (χ4v) is 4.04. The van der Waals surface area contributed by atoms with Crippen LogP contribution in [0.2, 0.25) is 5.02 Å². The number of esters is 1. The molecule has 0 fully saturated rings. The van der Waals surface area contributed by atoms with E-state index in [9.17, 15) is 14.0 Å². The van der Waals surface area contributed by atoms with E-state index in [0.29, 0.717) is 5.56 Å². The Balaban J connectivity index is 1.65. The zero-order valence-electron chi connectivity index (χ0n) is 13.6. The molecule has 25 heavy (non-hydrogen) atoms. The first-order valence-electron chi connectivity index (χ1n) is 8.02. The number of ether oxygens (including phenoxy) is 1. The summed E-state index contributed by atoms with van der Waals surface area (Å²) in [5, 5.41) is 4.43. The molecule has 3 rings (SSSR count). The van der Waals surface area contributed by atoms with E-state index in [1.54, 1.807) is 16.7 Å². The quantitative estimate of drug-likeness (QED) is 0.787. The molecule has 1 N–H and O–H groups in total. The summed E-state index contributed by atoms with van der Waals surface area (Å²) in [5.41, 5.74) is 1.57. The van der Waals surface area contributed by atoms with Crippen LogP contribution in [0.15, 0.2) is 23.6 Å². The average molecular weight is 382 g/mol. The number of aryl methyl sites for hydroxylation is 1. The van der Waals surface area contributed by atoms with E-state index in [4.69, 9.17) is 16.3 Å². The standard InChI is InChI=1S/C18H17ClFNO3S/c1-10(17(22)21-15-7-6-11(19)8-14(15)20)24-18(23)13-9-25-16-5-3-2-4-12(13)16/h6-10H,2-5H2,1H3,(H,21,22)/t10-/m0/s1. The van der Waals surface area contributed by atoms with E-state index in [-0.39, 0.29) is 10.7 Å². The lowest BCUT2D eigenvalue weighted by atomic mass is 9.96. The van der Waals surface area contributed by atoms with Gasteiger partial charge in [-0.3, -0.25) is 4.79 Å². The minimum atomic E-state index is -1.04. The number of fused-ring (bicyclic) bond motifs is 1. The second-order valence-corrected chi connectivity index (χ2v) is 7.32. The van der Waals surface area contributed by atoms with Gasteiger partial charge in [-0.15, -0.1) is 11.3 Å². The van der Waals surface area contributed by atoms with Gasteiger partial charge in [-0.05, 0) is 56.4 Å². The number of hydrogen-bond acceptors (Lipinski definition) is 4. The summed E-state index contributed by atoms with van der Waals surface area (Å²) in [6.07, 6.45) is 2.99. The molecule has 0 saturated carbocycles. The monoisotopic (exact) mass is 381 g/mol. The highest BCUT2D eigenvalue weighted by Gasteiger charge is 2.25. The molecule has 0 spiro atoms. The lowest BCUT2D eigenvalue weighted by Crippen LogP contribution is -2.30. The topological polar surface area (TPSA) is 55.4 Å². The highest BCUT2D eigenvalue weighted by molar-refractivity contribution is 7.10. The molecule has 0 saturated heterocycles. The number of benzene rings is 1. The summed E-state index contributed by atoms with van der Waals surface area (Å²) in [6.45, 7) is 1.46. The summed E-state index contributed by atoms with van der Waals surface area (Å²) in [4.78, 5) is 25.7. The molecule has 1 aliphatic rings. The highest BCUT2D eigenvalue weighted by atomic mass is 35.5. The van der Waals surface area contributed by atoms with Gasteiger partial charge in [0.25, 0.3) is 5.91 Å². The Bertz CT molecular complexity index is 821. The maximum atomic E-state index is 13.7. The van der Waals surface area contributed by atoms with Crippen molar-refractivity contribution < 1.29 is 18.7 Å². The predicted molar refractivity (Wildman–Crippen MR) is 95.9 cm³/mol. The Morgan fingerprint density at radius 3 is 2.84 bits per heavy atom. The lowest BCUT2D eigenvalue weighted by molar-refractivity contribution is -0.123. The van der Waals surface area contributed by atoms with E-state index in [1.165, 1.54) is 23.9 Å². The van der Waals surface area contributed by atoms with Crippen LogP contribution in [-0.2, 0) is 22.4 Å². The molecular weight excluding hydrogens is 365 g/mol. The first kappa shape index (κ1) is 17.9. The van der Waals surface area contributed by atoms with Crippen molar-refractivity contribution in [2.45, 2.75) is 38.7 Å². The van der Waals surface area contributed by atoms with Gasteiger partial charge < -0.3 is 10.1 Å². The normalized spacial score (nSPS) is 14.5. The predicted octanol–water partition coefficient (Wildman–Crippen LogP) is 4.60. The number of hydrogen-bond donors (Lipinski definition) is 1. The number of halogens is 2. The van der Waals surface area contributed by atoms with Gasteiger partial charge in [0, 0.05) is 15.3 Å². The molecule has 4 nitrogen and oxygen atoms in total. The molecule has 0 bridgehead atoms. The molecule has 1 aromatic heterocycles.